The van der Waals surface area contributed by atoms with Gasteiger partial charge in [-0.05, 0) is 62.8 Å². The summed E-state index contributed by atoms with van der Waals surface area (Å²) in [5.74, 6) is 0.575. The van der Waals surface area contributed by atoms with Crippen LogP contribution in [0.25, 0.3) is 0 Å². The first-order valence-electron chi connectivity index (χ1n) is 9.54. The molecule has 2 saturated heterocycles. The van der Waals surface area contributed by atoms with Crippen molar-refractivity contribution in [1.29, 1.82) is 0 Å². The van der Waals surface area contributed by atoms with Gasteiger partial charge in [0.1, 0.15) is 5.82 Å². The van der Waals surface area contributed by atoms with Crippen molar-refractivity contribution in [2.45, 2.75) is 45.2 Å². The van der Waals surface area contributed by atoms with Crippen molar-refractivity contribution in [2.24, 2.45) is 17.6 Å². The van der Waals surface area contributed by atoms with Gasteiger partial charge in [-0.15, -0.1) is 24.8 Å². The Bertz CT molecular complexity index is 602. The molecule has 0 spiro atoms. The molecule has 1 aromatic carbocycles. The summed E-state index contributed by atoms with van der Waals surface area (Å²) in [6.45, 7) is 6.17. The Morgan fingerprint density at radius 1 is 1.22 bits per heavy atom. The van der Waals surface area contributed by atoms with E-state index in [9.17, 15) is 9.18 Å². The van der Waals surface area contributed by atoms with Gasteiger partial charge in [0.25, 0.3) is 0 Å². The summed E-state index contributed by atoms with van der Waals surface area (Å²) in [7, 11) is 0. The van der Waals surface area contributed by atoms with Crippen LogP contribution in [-0.4, -0.2) is 47.9 Å². The van der Waals surface area contributed by atoms with E-state index < -0.39 is 0 Å². The molecule has 2 aliphatic heterocycles. The summed E-state index contributed by atoms with van der Waals surface area (Å²) < 4.78 is 13.4. The molecule has 154 valence electrons. The van der Waals surface area contributed by atoms with Crippen LogP contribution < -0.4 is 5.73 Å². The highest BCUT2D eigenvalue weighted by Gasteiger charge is 2.32. The molecule has 2 fully saturated rings. The Balaban J connectivity index is 0.00000182. The van der Waals surface area contributed by atoms with E-state index >= 15 is 0 Å². The molecule has 2 aliphatic rings. The van der Waals surface area contributed by atoms with Gasteiger partial charge >= 0.3 is 0 Å². The maximum Gasteiger partial charge on any atom is 0.226 e. The fraction of sp³-hybridized carbons (Fsp3) is 0.650. The molecule has 4 nitrogen and oxygen atoms in total. The number of nitrogens with two attached hydrogens (primary N) is 1. The van der Waals surface area contributed by atoms with Crippen molar-refractivity contribution >= 4 is 30.7 Å². The quantitative estimate of drug-likeness (QED) is 0.812. The van der Waals surface area contributed by atoms with Gasteiger partial charge in [0.05, 0.1) is 5.92 Å². The Morgan fingerprint density at radius 3 is 2.67 bits per heavy atom. The maximum atomic E-state index is 13.4. The van der Waals surface area contributed by atoms with Gasteiger partial charge in [0.15, 0.2) is 0 Å². The van der Waals surface area contributed by atoms with Gasteiger partial charge in [-0.3, -0.25) is 9.69 Å². The fourth-order valence-electron chi connectivity index (χ4n) is 4.19. The second kappa shape index (κ2) is 11.2. The van der Waals surface area contributed by atoms with Crippen LogP contribution in [-0.2, 0) is 11.3 Å². The first-order chi connectivity index (χ1) is 12.0. The van der Waals surface area contributed by atoms with Crippen LogP contribution in [0.15, 0.2) is 24.3 Å². The lowest BCUT2D eigenvalue weighted by Crippen LogP contribution is -2.50. The molecular weight excluding hydrogens is 388 g/mol. The van der Waals surface area contributed by atoms with Crippen LogP contribution >= 0.6 is 24.8 Å². The molecule has 2 N–H and O–H groups in total. The third-order valence-electron chi connectivity index (χ3n) is 5.66. The normalized spacial score (nSPS) is 24.5. The van der Waals surface area contributed by atoms with E-state index in [-0.39, 0.29) is 48.5 Å². The van der Waals surface area contributed by atoms with Crippen LogP contribution in [0.2, 0.25) is 0 Å². The Morgan fingerprint density at radius 2 is 1.96 bits per heavy atom. The van der Waals surface area contributed by atoms with E-state index in [1.807, 2.05) is 17.9 Å². The van der Waals surface area contributed by atoms with Crippen LogP contribution in [0.1, 0.15) is 38.2 Å². The molecule has 27 heavy (non-hydrogen) atoms. The third kappa shape index (κ3) is 6.60. The molecule has 0 aromatic heterocycles. The number of carbonyl (C=O) groups is 1. The first kappa shape index (κ1) is 24.2. The number of amides is 1. The summed E-state index contributed by atoms with van der Waals surface area (Å²) in [6.07, 6.45) is 4.16. The second-order valence-corrected chi connectivity index (χ2v) is 7.75. The van der Waals surface area contributed by atoms with Crippen LogP contribution in [0.5, 0.6) is 0 Å². The highest BCUT2D eigenvalue weighted by molar-refractivity contribution is 5.85. The van der Waals surface area contributed by atoms with Gasteiger partial charge in [0, 0.05) is 32.2 Å². The lowest BCUT2D eigenvalue weighted by Gasteiger charge is -2.39. The van der Waals surface area contributed by atoms with Gasteiger partial charge < -0.3 is 10.6 Å². The molecule has 7 heteroatoms. The van der Waals surface area contributed by atoms with E-state index in [0.717, 1.165) is 57.4 Å². The number of nitrogens with zero attached hydrogens (tertiary/aromatic N) is 2. The van der Waals surface area contributed by atoms with Crippen molar-refractivity contribution in [3.63, 3.8) is 0 Å². The molecule has 0 aliphatic carbocycles. The standard InChI is InChI=1S/C20H30FN3O.2ClH/c1-15(22)17-6-4-10-24(14-17)20(25)18-7-3-9-23(13-18)12-16-5-2-8-19(21)11-16;;/h2,5,8,11,15,17-18H,3-4,6-7,9-10,12-14,22H2,1H3;2*1H. The number of likely N-dealkylation sites (tertiary alicyclic amines) is 2. The number of rotatable bonds is 4. The van der Waals surface area contributed by atoms with Crippen molar-refractivity contribution in [2.75, 3.05) is 26.2 Å². The molecule has 1 aromatic rings. The number of carbonyl (C=O) groups excluding carboxylic acids is 1. The van der Waals surface area contributed by atoms with Crippen molar-refractivity contribution in [3.05, 3.63) is 35.6 Å². The predicted molar refractivity (Wildman–Crippen MR) is 112 cm³/mol. The Labute approximate surface area is 174 Å². The van der Waals surface area contributed by atoms with Crippen LogP contribution in [0.3, 0.4) is 0 Å². The average Bonchev–Trinajstić information content (AvgIpc) is 2.61. The van der Waals surface area contributed by atoms with E-state index in [1.54, 1.807) is 12.1 Å². The molecule has 3 atom stereocenters. The average molecular weight is 420 g/mol. The molecule has 3 rings (SSSR count). The Kier molecular flexibility index (Phi) is 10.0. The van der Waals surface area contributed by atoms with E-state index in [2.05, 4.69) is 4.90 Å². The number of hydrogen-bond acceptors (Lipinski definition) is 3. The van der Waals surface area contributed by atoms with E-state index in [1.165, 1.54) is 6.07 Å². The predicted octanol–water partition coefficient (Wildman–Crippen LogP) is 3.47. The lowest BCUT2D eigenvalue weighted by molar-refractivity contribution is -0.139. The number of halogens is 3. The fourth-order valence-corrected chi connectivity index (χ4v) is 4.19. The monoisotopic (exact) mass is 419 g/mol. The zero-order valence-corrected chi connectivity index (χ0v) is 17.6. The van der Waals surface area contributed by atoms with Gasteiger partial charge in [-0.2, -0.15) is 0 Å². The second-order valence-electron chi connectivity index (χ2n) is 7.75. The van der Waals surface area contributed by atoms with E-state index in [0.29, 0.717) is 12.5 Å². The SMILES string of the molecule is CC(N)C1CCCN(C(=O)C2CCCN(Cc3cccc(F)c3)C2)C1.Cl.Cl. The highest BCUT2D eigenvalue weighted by Crippen LogP contribution is 2.25. The van der Waals surface area contributed by atoms with Crippen molar-refractivity contribution in [1.82, 2.24) is 9.80 Å². The molecule has 0 bridgehead atoms. The van der Waals surface area contributed by atoms with Crippen molar-refractivity contribution < 1.29 is 9.18 Å². The molecular formula is C20H32Cl2FN3O. The highest BCUT2D eigenvalue weighted by atomic mass is 35.5. The number of piperidine rings is 2. The summed E-state index contributed by atoms with van der Waals surface area (Å²) in [4.78, 5) is 17.3. The number of benzene rings is 1. The minimum atomic E-state index is -0.197. The molecule has 0 saturated carbocycles. The maximum absolute atomic E-state index is 13.4. The Hall–Kier alpha value is -0.880. The summed E-state index contributed by atoms with van der Waals surface area (Å²) in [5.41, 5.74) is 7.03. The van der Waals surface area contributed by atoms with Crippen LogP contribution in [0.4, 0.5) is 4.39 Å². The van der Waals surface area contributed by atoms with Crippen molar-refractivity contribution in [3.8, 4) is 0 Å². The van der Waals surface area contributed by atoms with Crippen LogP contribution in [0, 0.1) is 17.7 Å². The van der Waals surface area contributed by atoms with Gasteiger partial charge in [0.2, 0.25) is 5.91 Å². The smallest absolute Gasteiger partial charge is 0.226 e. The summed E-state index contributed by atoms with van der Waals surface area (Å²) in [6, 6.07) is 6.90. The molecule has 0 radical (unpaired) electrons. The molecule has 3 unspecified atom stereocenters. The third-order valence-corrected chi connectivity index (χ3v) is 5.66. The minimum absolute atomic E-state index is 0. The van der Waals surface area contributed by atoms with Gasteiger partial charge in [-0.1, -0.05) is 12.1 Å². The minimum Gasteiger partial charge on any atom is -0.342 e. The van der Waals surface area contributed by atoms with Gasteiger partial charge in [-0.25, -0.2) is 4.39 Å². The zero-order valence-electron chi connectivity index (χ0n) is 16.0. The largest absolute Gasteiger partial charge is 0.342 e. The summed E-state index contributed by atoms with van der Waals surface area (Å²) >= 11 is 0. The zero-order chi connectivity index (χ0) is 17.8. The topological polar surface area (TPSA) is 49.6 Å². The lowest BCUT2D eigenvalue weighted by atomic mass is 9.90. The number of hydrogen-bond donors (Lipinski definition) is 1. The van der Waals surface area contributed by atoms with E-state index in [4.69, 9.17) is 5.73 Å². The summed E-state index contributed by atoms with van der Waals surface area (Å²) in [5, 5.41) is 0. The molecule has 2 heterocycles. The molecule has 1 amide bonds. The first-order valence-corrected chi connectivity index (χ1v) is 9.54.